The molecule has 0 fully saturated rings. The van der Waals surface area contributed by atoms with Gasteiger partial charge in [-0.3, -0.25) is 4.79 Å². The van der Waals surface area contributed by atoms with Crippen molar-refractivity contribution in [2.45, 2.75) is 12.6 Å². The van der Waals surface area contributed by atoms with Crippen LogP contribution in [0.5, 0.6) is 5.75 Å². The summed E-state index contributed by atoms with van der Waals surface area (Å²) in [4.78, 5) is 10.5. The Hall–Kier alpha value is -1.76. The topological polar surface area (TPSA) is 58.6 Å². The molecule has 2 N–H and O–H groups in total. The number of halogens is 3. The lowest BCUT2D eigenvalue weighted by Gasteiger charge is -2.16. The quantitative estimate of drug-likeness (QED) is 0.722. The van der Waals surface area contributed by atoms with Gasteiger partial charge in [0.2, 0.25) is 0 Å². The number of para-hydroxylation sites is 1. The molecule has 1 aromatic carbocycles. The van der Waals surface area contributed by atoms with Crippen LogP contribution in [0.1, 0.15) is 6.42 Å². The molecule has 1 atom stereocenters. The first-order valence-electron chi connectivity index (χ1n) is 6.09. The first-order chi connectivity index (χ1) is 9.41. The summed E-state index contributed by atoms with van der Waals surface area (Å²) in [6.07, 6.45) is -4.25. The van der Waals surface area contributed by atoms with E-state index in [9.17, 15) is 18.0 Å². The van der Waals surface area contributed by atoms with Crippen molar-refractivity contribution in [1.29, 1.82) is 0 Å². The summed E-state index contributed by atoms with van der Waals surface area (Å²) in [5, 5.41) is 11.0. The fourth-order valence-electron chi connectivity index (χ4n) is 1.49. The van der Waals surface area contributed by atoms with E-state index in [0.29, 0.717) is 18.8 Å². The number of nitrogens with one attached hydrogen (secondary N) is 1. The molecule has 0 heterocycles. The zero-order valence-electron chi connectivity index (χ0n) is 10.7. The Labute approximate surface area is 114 Å². The first kappa shape index (κ1) is 16.3. The van der Waals surface area contributed by atoms with Crippen molar-refractivity contribution in [3.8, 4) is 5.75 Å². The molecule has 0 saturated heterocycles. The van der Waals surface area contributed by atoms with E-state index in [1.807, 2.05) is 18.2 Å². The summed E-state index contributed by atoms with van der Waals surface area (Å²) in [5.41, 5.74) is 0. The Bertz CT molecular complexity index is 409. The number of ether oxygens (including phenoxy) is 1. The molecule has 0 bridgehead atoms. The Balaban J connectivity index is 2.17. The minimum Gasteiger partial charge on any atom is -0.494 e. The zero-order valence-corrected chi connectivity index (χ0v) is 10.7. The molecule has 0 aliphatic rings. The second-order valence-electron chi connectivity index (χ2n) is 4.15. The van der Waals surface area contributed by atoms with Crippen LogP contribution < -0.4 is 10.1 Å². The third-order valence-corrected chi connectivity index (χ3v) is 2.55. The van der Waals surface area contributed by atoms with Crippen LogP contribution in [-0.2, 0) is 4.79 Å². The van der Waals surface area contributed by atoms with Crippen molar-refractivity contribution in [3.05, 3.63) is 30.3 Å². The number of carboxylic acid groups (broad SMARTS) is 1. The van der Waals surface area contributed by atoms with E-state index < -0.39 is 24.6 Å². The summed E-state index contributed by atoms with van der Waals surface area (Å²) < 4.78 is 42.3. The van der Waals surface area contributed by atoms with Gasteiger partial charge in [0.05, 0.1) is 6.61 Å². The van der Waals surface area contributed by atoms with Gasteiger partial charge in [-0.05, 0) is 25.1 Å². The molecule has 20 heavy (non-hydrogen) atoms. The van der Waals surface area contributed by atoms with Crippen LogP contribution in [0.4, 0.5) is 13.2 Å². The van der Waals surface area contributed by atoms with Crippen molar-refractivity contribution in [2.75, 3.05) is 19.7 Å². The van der Waals surface area contributed by atoms with Gasteiger partial charge in [0.1, 0.15) is 5.75 Å². The lowest BCUT2D eigenvalue weighted by Crippen LogP contribution is -2.39. The van der Waals surface area contributed by atoms with Crippen molar-refractivity contribution in [2.24, 2.45) is 5.92 Å². The van der Waals surface area contributed by atoms with E-state index in [2.05, 4.69) is 5.32 Å². The van der Waals surface area contributed by atoms with Gasteiger partial charge in [0, 0.05) is 6.54 Å². The number of alkyl halides is 3. The number of benzene rings is 1. The number of hydrogen-bond acceptors (Lipinski definition) is 3. The van der Waals surface area contributed by atoms with Crippen LogP contribution in [0.15, 0.2) is 30.3 Å². The fourth-order valence-corrected chi connectivity index (χ4v) is 1.49. The van der Waals surface area contributed by atoms with Gasteiger partial charge in [0.25, 0.3) is 0 Å². The number of rotatable bonds is 8. The van der Waals surface area contributed by atoms with Gasteiger partial charge in [-0.2, -0.15) is 13.2 Å². The summed E-state index contributed by atoms with van der Waals surface area (Å²) in [6.45, 7) is -0.0301. The monoisotopic (exact) mass is 291 g/mol. The lowest BCUT2D eigenvalue weighted by molar-refractivity contribution is -0.192. The molecule has 0 spiro atoms. The van der Waals surface area contributed by atoms with Gasteiger partial charge < -0.3 is 15.2 Å². The molecule has 0 aliphatic carbocycles. The molecule has 7 heteroatoms. The molecule has 0 amide bonds. The van der Waals surface area contributed by atoms with E-state index in [1.165, 1.54) is 0 Å². The summed E-state index contributed by atoms with van der Waals surface area (Å²) in [7, 11) is 0. The molecule has 1 rings (SSSR count). The molecular weight excluding hydrogens is 275 g/mol. The van der Waals surface area contributed by atoms with Crippen LogP contribution in [0.2, 0.25) is 0 Å². The number of hydrogen-bond donors (Lipinski definition) is 2. The average Bonchev–Trinajstić information content (AvgIpc) is 2.37. The zero-order chi connectivity index (χ0) is 15.0. The molecule has 0 saturated carbocycles. The van der Waals surface area contributed by atoms with Crippen LogP contribution in [0, 0.1) is 5.92 Å². The van der Waals surface area contributed by atoms with Crippen molar-refractivity contribution in [3.63, 3.8) is 0 Å². The van der Waals surface area contributed by atoms with Gasteiger partial charge >= 0.3 is 12.1 Å². The van der Waals surface area contributed by atoms with Crippen molar-refractivity contribution < 1.29 is 27.8 Å². The van der Waals surface area contributed by atoms with Gasteiger partial charge in [0.15, 0.2) is 5.92 Å². The van der Waals surface area contributed by atoms with Crippen molar-refractivity contribution in [1.82, 2.24) is 5.32 Å². The summed E-state index contributed by atoms with van der Waals surface area (Å²) in [6, 6.07) is 9.02. The van der Waals surface area contributed by atoms with Gasteiger partial charge in [-0.1, -0.05) is 18.2 Å². The van der Waals surface area contributed by atoms with Crippen LogP contribution in [-0.4, -0.2) is 36.9 Å². The van der Waals surface area contributed by atoms with E-state index in [1.54, 1.807) is 12.1 Å². The van der Waals surface area contributed by atoms with Crippen LogP contribution >= 0.6 is 0 Å². The van der Waals surface area contributed by atoms with E-state index in [-0.39, 0.29) is 6.54 Å². The minimum atomic E-state index is -4.74. The highest BCUT2D eigenvalue weighted by atomic mass is 19.4. The Morgan fingerprint density at radius 3 is 2.50 bits per heavy atom. The van der Waals surface area contributed by atoms with Gasteiger partial charge in [-0.15, -0.1) is 0 Å². The summed E-state index contributed by atoms with van der Waals surface area (Å²) in [5.74, 6) is -3.56. The number of carboxylic acids is 1. The SMILES string of the molecule is O=C(O)C(CNCCCOc1ccccc1)C(F)(F)F. The van der Waals surface area contributed by atoms with Gasteiger partial charge in [-0.25, -0.2) is 0 Å². The Morgan fingerprint density at radius 2 is 1.95 bits per heavy atom. The van der Waals surface area contributed by atoms with E-state index in [0.717, 1.165) is 0 Å². The number of aliphatic carboxylic acids is 1. The third-order valence-electron chi connectivity index (χ3n) is 2.55. The predicted molar refractivity (Wildman–Crippen MR) is 66.6 cm³/mol. The Kier molecular flexibility index (Phi) is 6.30. The van der Waals surface area contributed by atoms with E-state index >= 15 is 0 Å². The van der Waals surface area contributed by atoms with E-state index in [4.69, 9.17) is 9.84 Å². The molecular formula is C13H16F3NO3. The molecule has 0 aliphatic heterocycles. The fraction of sp³-hybridized carbons (Fsp3) is 0.462. The standard InChI is InChI=1S/C13H16F3NO3/c14-13(15,16)11(12(18)19)9-17-7-4-8-20-10-5-2-1-3-6-10/h1-3,5-6,11,17H,4,7-9H2,(H,18,19). The van der Waals surface area contributed by atoms with Crippen LogP contribution in [0.25, 0.3) is 0 Å². The smallest absolute Gasteiger partial charge is 0.403 e. The second-order valence-corrected chi connectivity index (χ2v) is 4.15. The molecule has 4 nitrogen and oxygen atoms in total. The first-order valence-corrected chi connectivity index (χ1v) is 6.09. The molecule has 0 radical (unpaired) electrons. The normalized spacial score (nSPS) is 12.9. The number of carbonyl (C=O) groups is 1. The maximum atomic E-state index is 12.3. The highest BCUT2D eigenvalue weighted by molar-refractivity contribution is 5.71. The highest BCUT2D eigenvalue weighted by Crippen LogP contribution is 2.25. The maximum absolute atomic E-state index is 12.3. The lowest BCUT2D eigenvalue weighted by atomic mass is 10.1. The third kappa shape index (κ3) is 5.92. The highest BCUT2D eigenvalue weighted by Gasteiger charge is 2.44. The predicted octanol–water partition coefficient (Wildman–Crippen LogP) is 2.31. The molecule has 1 unspecified atom stereocenters. The largest absolute Gasteiger partial charge is 0.494 e. The minimum absolute atomic E-state index is 0.257. The van der Waals surface area contributed by atoms with Crippen LogP contribution in [0.3, 0.4) is 0 Å². The molecule has 112 valence electrons. The summed E-state index contributed by atoms with van der Waals surface area (Å²) >= 11 is 0. The van der Waals surface area contributed by atoms with Crippen molar-refractivity contribution >= 4 is 5.97 Å². The Morgan fingerprint density at radius 1 is 1.30 bits per heavy atom. The molecule has 1 aromatic rings. The average molecular weight is 291 g/mol. The second kappa shape index (κ2) is 7.74. The molecule has 0 aromatic heterocycles. The maximum Gasteiger partial charge on any atom is 0.403 e.